The second-order valence-corrected chi connectivity index (χ2v) is 8.14. The largest absolute Gasteiger partial charge is 0.290 e. The molecule has 0 aromatic rings. The van der Waals surface area contributed by atoms with Crippen LogP contribution in [0.25, 0.3) is 0 Å². The third-order valence-electron chi connectivity index (χ3n) is 6.54. The van der Waals surface area contributed by atoms with E-state index in [-0.39, 0.29) is 17.5 Å². The molecule has 0 aromatic heterocycles. The van der Waals surface area contributed by atoms with Crippen LogP contribution in [0.3, 0.4) is 0 Å². The molecule has 5 aliphatic carbocycles. The maximum absolute atomic E-state index is 13.0. The van der Waals surface area contributed by atoms with Crippen molar-refractivity contribution < 1.29 is 9.59 Å². The molecule has 0 aromatic carbocycles. The SMILES string of the molecule is O=C1C(=O)C2CC(C3=CC=CCC3)=CC=C2C2=C1C=C(C1=CC=CCC1)CC2. The zero-order chi connectivity index (χ0) is 19.1. The molecular formula is C26H24O2. The van der Waals surface area contributed by atoms with E-state index >= 15 is 0 Å². The highest BCUT2D eigenvalue weighted by Gasteiger charge is 2.40. The topological polar surface area (TPSA) is 34.1 Å². The number of allylic oxidation sites excluding steroid dienone is 16. The number of fused-ring (bicyclic) bond motifs is 2. The Morgan fingerprint density at radius 1 is 0.714 bits per heavy atom. The molecule has 0 fully saturated rings. The summed E-state index contributed by atoms with van der Waals surface area (Å²) in [5, 5.41) is 0. The van der Waals surface area contributed by atoms with Gasteiger partial charge in [0.15, 0.2) is 0 Å². The monoisotopic (exact) mass is 368 g/mol. The summed E-state index contributed by atoms with van der Waals surface area (Å²) >= 11 is 0. The van der Waals surface area contributed by atoms with Gasteiger partial charge in [-0.1, -0.05) is 48.6 Å². The molecule has 0 spiro atoms. The first-order valence-corrected chi connectivity index (χ1v) is 10.4. The van der Waals surface area contributed by atoms with Crippen LogP contribution in [0.4, 0.5) is 0 Å². The molecule has 2 heteroatoms. The smallest absolute Gasteiger partial charge is 0.229 e. The van der Waals surface area contributed by atoms with Crippen molar-refractivity contribution in [1.82, 2.24) is 0 Å². The van der Waals surface area contributed by atoms with Gasteiger partial charge < -0.3 is 0 Å². The average Bonchev–Trinajstić information content (AvgIpc) is 2.78. The van der Waals surface area contributed by atoms with E-state index in [1.165, 1.54) is 22.3 Å². The normalized spacial score (nSPS) is 26.7. The van der Waals surface area contributed by atoms with Crippen LogP contribution in [0.1, 0.15) is 44.9 Å². The fourth-order valence-electron chi connectivity index (χ4n) is 5.00. The number of hydrogen-bond acceptors (Lipinski definition) is 2. The third-order valence-corrected chi connectivity index (χ3v) is 6.54. The lowest BCUT2D eigenvalue weighted by Gasteiger charge is -2.33. The quantitative estimate of drug-likeness (QED) is 0.596. The van der Waals surface area contributed by atoms with Crippen molar-refractivity contribution in [3.63, 3.8) is 0 Å². The highest BCUT2D eigenvalue weighted by atomic mass is 16.2. The minimum atomic E-state index is -0.287. The Labute approximate surface area is 166 Å². The van der Waals surface area contributed by atoms with E-state index in [0.717, 1.165) is 49.7 Å². The molecular weight excluding hydrogens is 344 g/mol. The number of hydrogen-bond donors (Lipinski definition) is 0. The molecule has 0 amide bonds. The fourth-order valence-corrected chi connectivity index (χ4v) is 5.00. The Bertz CT molecular complexity index is 1010. The lowest BCUT2D eigenvalue weighted by molar-refractivity contribution is -0.136. The molecule has 0 aliphatic heterocycles. The molecule has 0 saturated heterocycles. The van der Waals surface area contributed by atoms with Gasteiger partial charge in [-0.25, -0.2) is 0 Å². The van der Waals surface area contributed by atoms with Crippen molar-refractivity contribution in [2.45, 2.75) is 44.9 Å². The van der Waals surface area contributed by atoms with Gasteiger partial charge in [0.1, 0.15) is 0 Å². The summed E-state index contributed by atoms with van der Waals surface area (Å²) in [6.45, 7) is 0. The number of rotatable bonds is 2. The van der Waals surface area contributed by atoms with Crippen LogP contribution in [0.2, 0.25) is 0 Å². The zero-order valence-electron chi connectivity index (χ0n) is 16.0. The zero-order valence-corrected chi connectivity index (χ0v) is 16.0. The first kappa shape index (κ1) is 17.4. The Hall–Kier alpha value is -2.74. The van der Waals surface area contributed by atoms with Crippen molar-refractivity contribution in [1.29, 1.82) is 0 Å². The second-order valence-electron chi connectivity index (χ2n) is 8.14. The highest BCUT2D eigenvalue weighted by molar-refractivity contribution is 6.47. The molecule has 0 N–H and O–H groups in total. The van der Waals surface area contributed by atoms with E-state index in [9.17, 15) is 9.59 Å². The number of carbonyl (C=O) groups excluding carboxylic acids is 2. The predicted octanol–water partition coefficient (Wildman–Crippen LogP) is 5.58. The standard InChI is InChI=1S/C26H24O2/c27-25-23-15-19(17-7-3-1-4-8-17)11-13-21(23)22-14-12-20(16-24(22)26(25)28)18-9-5-2-6-10-18/h1-3,5,7,9,11,13,16,23H,4,6,8,10,12,14-15H2. The van der Waals surface area contributed by atoms with Gasteiger partial charge in [0, 0.05) is 5.57 Å². The first-order valence-electron chi connectivity index (χ1n) is 10.4. The summed E-state index contributed by atoms with van der Waals surface area (Å²) in [6.07, 6.45) is 25.8. The Balaban J connectivity index is 1.54. The van der Waals surface area contributed by atoms with Crippen molar-refractivity contribution in [3.8, 4) is 0 Å². The van der Waals surface area contributed by atoms with Crippen LogP contribution >= 0.6 is 0 Å². The van der Waals surface area contributed by atoms with E-state index in [1.54, 1.807) is 0 Å². The molecule has 140 valence electrons. The third kappa shape index (κ3) is 2.88. The van der Waals surface area contributed by atoms with E-state index in [2.05, 4.69) is 48.6 Å². The van der Waals surface area contributed by atoms with Gasteiger partial charge in [0.25, 0.3) is 0 Å². The minimum absolute atomic E-state index is 0.224. The van der Waals surface area contributed by atoms with Crippen LogP contribution < -0.4 is 0 Å². The molecule has 1 atom stereocenters. The second kappa shape index (κ2) is 7.01. The van der Waals surface area contributed by atoms with Crippen molar-refractivity contribution >= 4 is 11.6 Å². The Morgan fingerprint density at radius 2 is 1.43 bits per heavy atom. The van der Waals surface area contributed by atoms with Crippen LogP contribution in [-0.4, -0.2) is 11.6 Å². The summed E-state index contributed by atoms with van der Waals surface area (Å²) in [5.41, 5.74) is 7.92. The van der Waals surface area contributed by atoms with Crippen LogP contribution in [0.5, 0.6) is 0 Å². The molecule has 5 rings (SSSR count). The minimum Gasteiger partial charge on any atom is -0.290 e. The average molecular weight is 368 g/mol. The molecule has 5 aliphatic rings. The van der Waals surface area contributed by atoms with Gasteiger partial charge in [-0.2, -0.15) is 0 Å². The van der Waals surface area contributed by atoms with Gasteiger partial charge >= 0.3 is 0 Å². The molecule has 2 nitrogen and oxygen atoms in total. The summed E-state index contributed by atoms with van der Waals surface area (Å²) < 4.78 is 0. The number of Topliss-reactive ketones (excluding diaryl/α,β-unsaturated/α-hetero) is 2. The van der Waals surface area contributed by atoms with E-state index in [1.807, 2.05) is 6.08 Å². The molecule has 0 radical (unpaired) electrons. The molecule has 0 saturated carbocycles. The van der Waals surface area contributed by atoms with Gasteiger partial charge in [-0.05, 0) is 84.5 Å². The predicted molar refractivity (Wildman–Crippen MR) is 112 cm³/mol. The van der Waals surface area contributed by atoms with Gasteiger partial charge in [-0.3, -0.25) is 9.59 Å². The van der Waals surface area contributed by atoms with E-state index in [4.69, 9.17) is 0 Å². The van der Waals surface area contributed by atoms with Crippen molar-refractivity contribution in [2.24, 2.45) is 5.92 Å². The molecule has 1 unspecified atom stereocenters. The van der Waals surface area contributed by atoms with Crippen molar-refractivity contribution in [3.05, 3.63) is 93.7 Å². The lowest BCUT2D eigenvalue weighted by atomic mass is 9.68. The Kier molecular flexibility index (Phi) is 4.35. The fraction of sp³-hybridized carbons (Fsp3) is 0.308. The van der Waals surface area contributed by atoms with Crippen molar-refractivity contribution in [2.75, 3.05) is 0 Å². The summed E-state index contributed by atoms with van der Waals surface area (Å²) in [4.78, 5) is 26.0. The summed E-state index contributed by atoms with van der Waals surface area (Å²) in [5.74, 6) is -0.789. The maximum atomic E-state index is 13.0. The lowest BCUT2D eigenvalue weighted by Crippen LogP contribution is -2.35. The maximum Gasteiger partial charge on any atom is 0.229 e. The summed E-state index contributed by atoms with van der Waals surface area (Å²) in [7, 11) is 0. The van der Waals surface area contributed by atoms with Crippen LogP contribution in [0.15, 0.2) is 93.7 Å². The van der Waals surface area contributed by atoms with Gasteiger partial charge in [-0.15, -0.1) is 0 Å². The van der Waals surface area contributed by atoms with E-state index in [0.29, 0.717) is 12.0 Å². The number of carbonyl (C=O) groups is 2. The first-order chi connectivity index (χ1) is 13.7. The Morgan fingerprint density at radius 3 is 2.11 bits per heavy atom. The molecule has 28 heavy (non-hydrogen) atoms. The molecule has 0 heterocycles. The van der Waals surface area contributed by atoms with E-state index < -0.39 is 0 Å². The van der Waals surface area contributed by atoms with Gasteiger partial charge in [0.05, 0.1) is 5.92 Å². The summed E-state index contributed by atoms with van der Waals surface area (Å²) in [6, 6.07) is 0. The molecule has 0 bridgehead atoms. The number of ketones is 2. The van der Waals surface area contributed by atoms with Crippen LogP contribution in [0, 0.1) is 5.92 Å². The highest BCUT2D eigenvalue weighted by Crippen LogP contribution is 2.44. The van der Waals surface area contributed by atoms with Gasteiger partial charge in [0.2, 0.25) is 11.6 Å². The van der Waals surface area contributed by atoms with Crippen LogP contribution in [-0.2, 0) is 9.59 Å².